The van der Waals surface area contributed by atoms with Crippen LogP contribution in [0.3, 0.4) is 0 Å². The van der Waals surface area contributed by atoms with Crippen molar-refractivity contribution in [2.24, 2.45) is 23.5 Å². The van der Waals surface area contributed by atoms with Crippen LogP contribution in [0.5, 0.6) is 0 Å². The number of hydrogen-bond donors (Lipinski definition) is 1. The van der Waals surface area contributed by atoms with Crippen LogP contribution in [0.15, 0.2) is 15.2 Å². The molecule has 4 atom stereocenters. The van der Waals surface area contributed by atoms with Gasteiger partial charge in [-0.05, 0) is 77.0 Å². The number of nitrogens with two attached hydrogens (primary N) is 1. The summed E-state index contributed by atoms with van der Waals surface area (Å²) in [5.74, 6) is 2.46. The molecule has 2 saturated carbocycles. The van der Waals surface area contributed by atoms with Crippen LogP contribution < -0.4 is 5.73 Å². The average Bonchev–Trinajstić information content (AvgIpc) is 2.99. The minimum Gasteiger partial charge on any atom is -0.327 e. The molecule has 0 aromatic carbocycles. The van der Waals surface area contributed by atoms with Crippen molar-refractivity contribution >= 4 is 27.3 Å². The van der Waals surface area contributed by atoms with Crippen LogP contribution in [0.1, 0.15) is 24.8 Å². The summed E-state index contributed by atoms with van der Waals surface area (Å²) in [6.45, 7) is 2.21. The molecule has 1 aromatic rings. The Morgan fingerprint density at radius 1 is 1.44 bits per heavy atom. The minimum absolute atomic E-state index is 0.459. The van der Waals surface area contributed by atoms with E-state index in [1.54, 1.807) is 11.3 Å². The Kier molecular flexibility index (Phi) is 3.81. The maximum atomic E-state index is 6.38. The van der Waals surface area contributed by atoms with E-state index in [1.807, 2.05) is 0 Å². The van der Waals surface area contributed by atoms with Gasteiger partial charge in [0.15, 0.2) is 0 Å². The highest BCUT2D eigenvalue weighted by Gasteiger charge is 2.45. The smallest absolute Gasteiger partial charge is 0.0701 e. The van der Waals surface area contributed by atoms with Gasteiger partial charge in [0.2, 0.25) is 0 Å². The third kappa shape index (κ3) is 2.53. The predicted octanol–water partition coefficient (Wildman–Crippen LogP) is 3.32. The van der Waals surface area contributed by atoms with E-state index >= 15 is 0 Å². The summed E-state index contributed by atoms with van der Waals surface area (Å²) in [5, 5.41) is 2.24. The highest BCUT2D eigenvalue weighted by Crippen LogP contribution is 2.47. The van der Waals surface area contributed by atoms with Crippen LogP contribution in [-0.2, 0) is 6.54 Å². The Morgan fingerprint density at radius 2 is 2.22 bits per heavy atom. The van der Waals surface area contributed by atoms with E-state index in [-0.39, 0.29) is 0 Å². The summed E-state index contributed by atoms with van der Waals surface area (Å²) < 4.78 is 1.22. The molecule has 1 aromatic heterocycles. The Hall–Kier alpha value is 0.1000. The van der Waals surface area contributed by atoms with E-state index in [9.17, 15) is 0 Å². The molecule has 100 valence electrons. The van der Waals surface area contributed by atoms with Gasteiger partial charge in [0, 0.05) is 19.1 Å². The number of rotatable bonds is 4. The molecule has 0 amide bonds. The molecular weight excluding hydrogens is 308 g/mol. The third-order valence-electron chi connectivity index (χ3n) is 4.75. The second-order valence-corrected chi connectivity index (χ2v) is 8.32. The summed E-state index contributed by atoms with van der Waals surface area (Å²) in [6, 6.07) is 2.68. The van der Waals surface area contributed by atoms with E-state index in [4.69, 9.17) is 5.73 Å². The molecule has 2 aliphatic carbocycles. The first-order valence-electron chi connectivity index (χ1n) is 6.80. The van der Waals surface area contributed by atoms with Gasteiger partial charge in [-0.1, -0.05) is 0 Å². The molecule has 0 saturated heterocycles. The zero-order chi connectivity index (χ0) is 12.7. The maximum absolute atomic E-state index is 6.38. The molecule has 2 nitrogen and oxygen atoms in total. The van der Waals surface area contributed by atoms with E-state index in [0.717, 1.165) is 30.8 Å². The molecule has 0 spiro atoms. The predicted molar refractivity (Wildman–Crippen MR) is 80.6 cm³/mol. The lowest BCUT2D eigenvalue weighted by Gasteiger charge is -2.31. The molecule has 3 rings (SSSR count). The van der Waals surface area contributed by atoms with Gasteiger partial charge in [-0.3, -0.25) is 0 Å². The quantitative estimate of drug-likeness (QED) is 0.918. The lowest BCUT2D eigenvalue weighted by atomic mass is 9.84. The zero-order valence-corrected chi connectivity index (χ0v) is 13.2. The minimum atomic E-state index is 0.459. The molecule has 2 fully saturated rings. The van der Waals surface area contributed by atoms with E-state index in [1.165, 1.54) is 28.6 Å². The van der Waals surface area contributed by atoms with Crippen molar-refractivity contribution in [1.29, 1.82) is 0 Å². The average molecular weight is 329 g/mol. The Labute approximate surface area is 122 Å². The second kappa shape index (κ2) is 5.23. The zero-order valence-electron chi connectivity index (χ0n) is 10.8. The Morgan fingerprint density at radius 3 is 2.83 bits per heavy atom. The van der Waals surface area contributed by atoms with Gasteiger partial charge >= 0.3 is 0 Å². The fraction of sp³-hybridized carbons (Fsp3) is 0.714. The molecule has 0 aliphatic heterocycles. The molecule has 0 radical (unpaired) electrons. The van der Waals surface area contributed by atoms with E-state index in [2.05, 4.69) is 39.3 Å². The molecule has 1 heterocycles. The Balaban J connectivity index is 1.56. The highest BCUT2D eigenvalue weighted by molar-refractivity contribution is 9.11. The summed E-state index contributed by atoms with van der Waals surface area (Å²) in [6.07, 6.45) is 4.19. The van der Waals surface area contributed by atoms with Crippen LogP contribution in [0.2, 0.25) is 0 Å². The van der Waals surface area contributed by atoms with Crippen LogP contribution >= 0.6 is 27.3 Å². The van der Waals surface area contributed by atoms with Gasteiger partial charge < -0.3 is 10.6 Å². The largest absolute Gasteiger partial charge is 0.327 e. The first-order valence-corrected chi connectivity index (χ1v) is 8.48. The van der Waals surface area contributed by atoms with Crippen molar-refractivity contribution in [2.75, 3.05) is 13.6 Å². The molecule has 2 N–H and O–H groups in total. The number of nitrogens with zero attached hydrogens (tertiary/aromatic N) is 1. The van der Waals surface area contributed by atoms with Gasteiger partial charge in [0.1, 0.15) is 0 Å². The lowest BCUT2D eigenvalue weighted by Crippen LogP contribution is -2.41. The summed E-state index contributed by atoms with van der Waals surface area (Å²) in [4.78, 5) is 2.44. The molecular formula is C14H21BrN2S. The number of thiophene rings is 1. The van der Waals surface area contributed by atoms with E-state index < -0.39 is 0 Å². The van der Waals surface area contributed by atoms with Crippen molar-refractivity contribution < 1.29 is 0 Å². The van der Waals surface area contributed by atoms with Crippen molar-refractivity contribution in [3.63, 3.8) is 0 Å². The molecule has 4 unspecified atom stereocenters. The first kappa shape index (κ1) is 13.1. The first-order chi connectivity index (χ1) is 8.63. The van der Waals surface area contributed by atoms with Gasteiger partial charge in [-0.25, -0.2) is 0 Å². The van der Waals surface area contributed by atoms with Gasteiger partial charge in [-0.15, -0.1) is 11.3 Å². The van der Waals surface area contributed by atoms with Crippen LogP contribution in [0.4, 0.5) is 0 Å². The number of hydrogen-bond acceptors (Lipinski definition) is 3. The summed E-state index contributed by atoms with van der Waals surface area (Å²) in [7, 11) is 2.23. The van der Waals surface area contributed by atoms with Crippen molar-refractivity contribution in [3.05, 3.63) is 20.8 Å². The fourth-order valence-electron chi connectivity index (χ4n) is 3.89. The fourth-order valence-corrected chi connectivity index (χ4v) is 5.09. The van der Waals surface area contributed by atoms with Crippen molar-refractivity contribution in [2.45, 2.75) is 31.8 Å². The maximum Gasteiger partial charge on any atom is 0.0701 e. The van der Waals surface area contributed by atoms with Gasteiger partial charge in [0.05, 0.1) is 3.79 Å². The molecule has 2 bridgehead atoms. The number of halogens is 1. The van der Waals surface area contributed by atoms with E-state index in [0.29, 0.717) is 6.04 Å². The van der Waals surface area contributed by atoms with Crippen LogP contribution in [0.25, 0.3) is 0 Å². The lowest BCUT2D eigenvalue weighted by molar-refractivity contribution is 0.194. The standard InChI is InChI=1S/C14H21BrN2S/c1-17(6-9-4-13(15)18-8-9)7-12-10-2-3-11(5-10)14(12)16/h4,8,10-12,14H,2-3,5-7,16H2,1H3. The van der Waals surface area contributed by atoms with Crippen LogP contribution in [-0.4, -0.2) is 24.5 Å². The van der Waals surface area contributed by atoms with Gasteiger partial charge in [0.25, 0.3) is 0 Å². The van der Waals surface area contributed by atoms with Crippen molar-refractivity contribution in [3.8, 4) is 0 Å². The van der Waals surface area contributed by atoms with Crippen molar-refractivity contribution in [1.82, 2.24) is 4.90 Å². The third-order valence-corrected chi connectivity index (χ3v) is 6.31. The highest BCUT2D eigenvalue weighted by atomic mass is 79.9. The summed E-state index contributed by atoms with van der Waals surface area (Å²) in [5.41, 5.74) is 7.79. The topological polar surface area (TPSA) is 29.3 Å². The number of fused-ring (bicyclic) bond motifs is 2. The molecule has 4 heteroatoms. The SMILES string of the molecule is CN(Cc1csc(Br)c1)CC1C2CCC(C2)C1N. The molecule has 2 aliphatic rings. The second-order valence-electron chi connectivity index (χ2n) is 6.03. The molecule has 18 heavy (non-hydrogen) atoms. The summed E-state index contributed by atoms with van der Waals surface area (Å²) >= 11 is 5.29. The van der Waals surface area contributed by atoms with Gasteiger partial charge in [-0.2, -0.15) is 0 Å². The monoisotopic (exact) mass is 328 g/mol. The normalized spacial score (nSPS) is 34.7. The van der Waals surface area contributed by atoms with Crippen LogP contribution in [0, 0.1) is 17.8 Å². The Bertz CT molecular complexity index is 418.